The number of halogens is 2. The number of carbonyl (C=O) groups excluding carboxylic acids is 8. The van der Waals surface area contributed by atoms with Crippen molar-refractivity contribution in [1.82, 2.24) is 53.2 Å². The number of aliphatic hydroxyl groups excluding tert-OH is 5. The normalized spacial score (nSPS) is 26.2. The third kappa shape index (κ3) is 24.2. The molecule has 0 aromatic heterocycles. The molecule has 0 saturated carbocycles. The van der Waals surface area contributed by atoms with Gasteiger partial charge in [0, 0.05) is 55.3 Å². The van der Waals surface area contributed by atoms with Crippen molar-refractivity contribution in [2.45, 2.75) is 233 Å². The molecule has 5 aromatic carbocycles. The largest absolute Gasteiger partial charge is 0.508 e. The van der Waals surface area contributed by atoms with Crippen molar-refractivity contribution < 1.29 is 118 Å². The third-order valence-corrected chi connectivity index (χ3v) is 23.0. The van der Waals surface area contributed by atoms with Crippen molar-refractivity contribution >= 4 is 82.4 Å². The summed E-state index contributed by atoms with van der Waals surface area (Å²) in [5, 5.41) is 133. The molecule has 2 fully saturated rings. The Bertz CT molecular complexity index is 4740. The highest BCUT2D eigenvalue weighted by Gasteiger charge is 2.52. The number of carbonyl (C=O) groups is 9. The number of guanidine groups is 1. The number of aromatic hydroxyl groups is 3. The van der Waals surface area contributed by atoms with Crippen LogP contribution >= 0.6 is 23.2 Å². The Kier molecular flexibility index (Phi) is 33.7. The fourth-order valence-electron chi connectivity index (χ4n) is 15.7. The lowest BCUT2D eigenvalue weighted by Gasteiger charge is -2.48. The predicted molar refractivity (Wildman–Crippen MR) is 452 cm³/mol. The van der Waals surface area contributed by atoms with Crippen LogP contribution in [0.5, 0.6) is 46.0 Å². The number of nitrogens with one attached hydrogen (secondary N) is 10. The molecular weight excluding hydrogens is 1670 g/mol. The number of likely N-dealkylation sites (N-methyl/N-ethyl adjacent to an activating group) is 1. The highest BCUT2D eigenvalue weighted by atomic mass is 35.5. The molecular formula is C84H113Cl2N15O24. The molecule has 41 heteroatoms. The second-order valence-corrected chi connectivity index (χ2v) is 33.2. The van der Waals surface area contributed by atoms with E-state index in [-0.39, 0.29) is 71.6 Å². The number of ether oxygens (including phenoxy) is 6. The molecule has 0 spiro atoms. The number of amides is 8. The van der Waals surface area contributed by atoms with Gasteiger partial charge in [0.25, 0.3) is 0 Å². The molecule has 39 nitrogen and oxygen atoms in total. The maximum Gasteiger partial charge on any atom is 0.326 e. The summed E-state index contributed by atoms with van der Waals surface area (Å²) in [5.74, 6) is -17.6. The Morgan fingerprint density at radius 3 is 1.91 bits per heavy atom. The van der Waals surface area contributed by atoms with E-state index in [1.165, 1.54) is 51.3 Å². The number of rotatable bonds is 32. The van der Waals surface area contributed by atoms with E-state index in [1.807, 2.05) is 13.8 Å². The summed E-state index contributed by atoms with van der Waals surface area (Å²) in [6, 6.07) is -2.45. The third-order valence-electron chi connectivity index (χ3n) is 22.4. The number of aliphatic imine (C=N–C) groups is 1. The zero-order valence-electron chi connectivity index (χ0n) is 69.9. The summed E-state index contributed by atoms with van der Waals surface area (Å²) in [5.41, 5.74) is 19.0. The number of nitrogens with zero attached hydrogens (tertiary/aromatic N) is 1. The molecule has 125 heavy (non-hydrogen) atoms. The van der Waals surface area contributed by atoms with Crippen molar-refractivity contribution in [1.29, 1.82) is 0 Å². The maximum absolute atomic E-state index is 16.4. The second-order valence-electron chi connectivity index (χ2n) is 32.3. The highest BCUT2D eigenvalue weighted by molar-refractivity contribution is 6.32. The fraction of sp³-hybridized carbons (Fsp3) is 0.524. The number of carboxylic acids is 1. The van der Waals surface area contributed by atoms with E-state index in [0.29, 0.717) is 13.1 Å². The summed E-state index contributed by atoms with van der Waals surface area (Å²) in [7, 11) is 1.48. The molecule has 19 atom stereocenters. The number of fused-ring (bicyclic) bond motifs is 15. The van der Waals surface area contributed by atoms with Crippen molar-refractivity contribution in [3.8, 4) is 57.1 Å². The fourth-order valence-corrected chi connectivity index (χ4v) is 16.1. The number of primary amides is 1. The molecule has 7 aliphatic heterocycles. The zero-order chi connectivity index (χ0) is 91.0. The van der Waals surface area contributed by atoms with E-state index in [1.54, 1.807) is 13.8 Å². The predicted octanol–water partition coefficient (Wildman–Crippen LogP) is 1.97. The van der Waals surface area contributed by atoms with Gasteiger partial charge in [0.1, 0.15) is 102 Å². The van der Waals surface area contributed by atoms with Crippen LogP contribution in [-0.2, 0) is 57.4 Å². The average molecular weight is 1790 g/mol. The van der Waals surface area contributed by atoms with E-state index in [9.17, 15) is 60.3 Å². The SMILES string of the molecule is CCCCCCCCCCNCCN[C@@]1(C)C[C@H](O[C@H]2[C@H](Oc3c4cc5cc3Oc3ccc(cc3Cl)[C@@H](O)[C@@H](NC(=O)[C@@H](CC(C)C)NC)C(=O)N[C@@H](CC(N)=O)C(=O)N[C@H]5C(=O)N[C@H]3C(=O)N[C@H](C(=O)N[C@H](C(=O)NC(CCCN=C(N)N)C(=O)O)c5cc(O)cc(O)c5-c5cc3ccc5O)[C@H](O)c3ccc(c(Cl)c3)O4)O[C@H](CN)[C@@H](O)[C@@H]2O)O[C@@H](C)[C@H]1O. The lowest BCUT2D eigenvalue weighted by molar-refractivity contribution is -0.331. The standard InChI is InChI=1S/C84H113Cl2N15O24/c1-7-8-9-10-11-12-13-14-23-92-25-26-94-84(5)36-60(120-39(4)73(84)110)124-72-70(109)69(108)58(37-87)123-82(72)125-71-56-31-43-32-57(71)122-55-22-19-42(30-48(55)86)68(107)66-80(117)99-64(78(115)95-49(81(118)119)16-15-24-93-83(89)90)46-33-44(102)34-53(104)61(46)45-28-40(17-20-52(45)103)62(76(113)101-66)98-77(114)63(43)97-75(112)51(35-59(88)105)96-79(116)65(100-74(111)50(91-6)27-38(2)3)67(106)41-18-21-54(121-56)47(85)29-41/h17-22,28-34,38-39,49-51,58,60,62-70,72-73,82,91-92,94,102-104,106-110H,7-16,23-27,35-37,87H2,1-6H3,(H2,88,105)(H,95,115)(H,96,116)(H,97,112)(H,98,114)(H,99,117)(H,100,111)(H,101,113)(H,118,119)(H4,89,90,93)/t39-,49?,50+,51-,58+,60-,62+,63+,64-,65+,66-,67+,68+,69+,70-,72+,73+,82-,84-/m0/s1. The van der Waals surface area contributed by atoms with Crippen LogP contribution in [0.1, 0.15) is 176 Å². The van der Waals surface area contributed by atoms with Gasteiger partial charge in [-0.3, -0.25) is 43.3 Å². The van der Waals surface area contributed by atoms with Crippen molar-refractivity contribution in [3.05, 3.63) is 117 Å². The first kappa shape index (κ1) is 96.7. The summed E-state index contributed by atoms with van der Waals surface area (Å²) < 4.78 is 39.9. The second kappa shape index (κ2) is 43.6. The van der Waals surface area contributed by atoms with Gasteiger partial charge in [-0.15, -0.1) is 0 Å². The summed E-state index contributed by atoms with van der Waals surface area (Å²) in [6.45, 7) is 10.3. The number of aliphatic hydroxyl groups is 5. The number of hydrogen-bond acceptors (Lipinski definition) is 28. The van der Waals surface area contributed by atoms with E-state index >= 15 is 28.8 Å². The number of benzene rings is 5. The van der Waals surface area contributed by atoms with Crippen molar-refractivity contribution in [3.63, 3.8) is 0 Å². The summed E-state index contributed by atoms with van der Waals surface area (Å²) in [4.78, 5) is 138. The molecule has 7 heterocycles. The Morgan fingerprint density at radius 1 is 0.672 bits per heavy atom. The van der Waals surface area contributed by atoms with E-state index < -0.39 is 249 Å². The molecule has 5 aromatic rings. The molecule has 682 valence electrons. The molecule has 12 rings (SSSR count). The Balaban J connectivity index is 1.16. The van der Waals surface area contributed by atoms with Crippen LogP contribution in [0.2, 0.25) is 10.0 Å². The van der Waals surface area contributed by atoms with Gasteiger partial charge in [-0.25, -0.2) is 4.79 Å². The molecule has 8 amide bonds. The number of unbranched alkanes of at least 4 members (excludes halogenated alkanes) is 7. The quantitative estimate of drug-likeness (QED) is 0.0166. The van der Waals surface area contributed by atoms with Gasteiger partial charge >= 0.3 is 5.97 Å². The first-order chi connectivity index (χ1) is 59.4. The molecule has 0 radical (unpaired) electrons. The average Bonchev–Trinajstić information content (AvgIpc) is 0.767. The van der Waals surface area contributed by atoms with E-state index in [0.717, 1.165) is 92.5 Å². The van der Waals surface area contributed by atoms with Crippen LogP contribution in [0.15, 0.2) is 83.9 Å². The molecule has 27 N–H and O–H groups in total. The van der Waals surface area contributed by atoms with Gasteiger partial charge in [-0.1, -0.05) is 107 Å². The first-order valence-corrected chi connectivity index (χ1v) is 42.3. The van der Waals surface area contributed by atoms with Crippen molar-refractivity contribution in [2.75, 3.05) is 39.8 Å². The molecule has 1 unspecified atom stereocenters. The minimum atomic E-state index is -2.38. The van der Waals surface area contributed by atoms with Crippen LogP contribution in [-0.4, -0.2) is 230 Å². The molecule has 0 aliphatic carbocycles. The van der Waals surface area contributed by atoms with Gasteiger partial charge in [-0.05, 0) is 141 Å². The molecule has 2 saturated heterocycles. The van der Waals surface area contributed by atoms with Gasteiger partial charge in [0.15, 0.2) is 29.9 Å². The number of carboxylic acid groups (broad SMARTS) is 1. The number of hydrogen-bond donors (Lipinski definition) is 23. The summed E-state index contributed by atoms with van der Waals surface area (Å²) >= 11 is 14.4. The van der Waals surface area contributed by atoms with Crippen LogP contribution < -0.4 is 90.3 Å². The Morgan fingerprint density at radius 2 is 1.30 bits per heavy atom. The Labute approximate surface area is 730 Å². The van der Waals surface area contributed by atoms with Crippen LogP contribution in [0.25, 0.3) is 11.1 Å². The van der Waals surface area contributed by atoms with E-state index in [4.69, 9.17) is 74.6 Å². The van der Waals surface area contributed by atoms with Crippen LogP contribution in [0.4, 0.5) is 0 Å². The van der Waals surface area contributed by atoms with Crippen LogP contribution in [0.3, 0.4) is 0 Å². The lowest BCUT2D eigenvalue weighted by Crippen LogP contribution is -2.66. The smallest absolute Gasteiger partial charge is 0.326 e. The minimum Gasteiger partial charge on any atom is -0.508 e. The zero-order valence-corrected chi connectivity index (χ0v) is 71.4. The number of phenolic OH excluding ortho intramolecular Hbond substituents is 3. The van der Waals surface area contributed by atoms with E-state index in [2.05, 4.69) is 65.1 Å². The van der Waals surface area contributed by atoms with Gasteiger partial charge in [0.05, 0.1) is 34.7 Å². The van der Waals surface area contributed by atoms with Gasteiger partial charge in [-0.2, -0.15) is 0 Å². The highest BCUT2D eigenvalue weighted by Crippen LogP contribution is 2.50. The number of phenols is 3. The summed E-state index contributed by atoms with van der Waals surface area (Å²) in [6.07, 6.45) is -9.11. The topological polar surface area (TPSA) is 628 Å². The monoisotopic (exact) mass is 1790 g/mol. The van der Waals surface area contributed by atoms with Crippen LogP contribution in [0, 0.1) is 5.92 Å². The van der Waals surface area contributed by atoms with Gasteiger partial charge < -0.3 is 150 Å². The Hall–Kier alpha value is -10.5. The maximum atomic E-state index is 16.4. The lowest BCUT2D eigenvalue weighted by atomic mass is 9.85. The minimum absolute atomic E-state index is 0.0421. The van der Waals surface area contributed by atoms with Gasteiger partial charge in [0.2, 0.25) is 59.3 Å². The number of nitrogens with two attached hydrogens (primary N) is 4. The first-order valence-electron chi connectivity index (χ1n) is 41.5. The molecule has 11 bridgehead atoms. The number of aliphatic carboxylic acids is 1. The van der Waals surface area contributed by atoms with Crippen molar-refractivity contribution in [2.24, 2.45) is 33.8 Å². The molecule has 7 aliphatic rings.